The molecule has 184 valence electrons. The maximum Gasteiger partial charge on any atom is 0.471 e. The van der Waals surface area contributed by atoms with Gasteiger partial charge in [0.25, 0.3) is 0 Å². The fraction of sp³-hybridized carbons (Fsp3) is 0.391. The van der Waals surface area contributed by atoms with Crippen LogP contribution < -0.4 is 4.90 Å². The van der Waals surface area contributed by atoms with Gasteiger partial charge in [0.2, 0.25) is 0 Å². The lowest BCUT2D eigenvalue weighted by Gasteiger charge is -2.32. The first-order valence-corrected chi connectivity index (χ1v) is 11.5. The van der Waals surface area contributed by atoms with Gasteiger partial charge in [-0.05, 0) is 55.7 Å². The Morgan fingerprint density at radius 2 is 1.86 bits per heavy atom. The molecule has 0 bridgehead atoms. The van der Waals surface area contributed by atoms with Gasteiger partial charge in [0, 0.05) is 24.0 Å². The second kappa shape index (κ2) is 8.78. The van der Waals surface area contributed by atoms with Crippen LogP contribution in [0, 0.1) is 5.82 Å². The number of alkyl halides is 3. The number of nitrogens with zero attached hydrogens (tertiary/aromatic N) is 6. The van der Waals surface area contributed by atoms with E-state index in [2.05, 4.69) is 20.1 Å². The normalized spacial score (nSPS) is 18.7. The lowest BCUT2D eigenvalue weighted by Crippen LogP contribution is -2.41. The number of hydrogen-bond acceptors (Lipinski definition) is 5. The number of benzene rings is 1. The number of amides is 1. The first-order valence-electron chi connectivity index (χ1n) is 11.1. The van der Waals surface area contributed by atoms with Crippen LogP contribution >= 0.6 is 11.6 Å². The molecule has 1 unspecified atom stereocenters. The molecule has 35 heavy (non-hydrogen) atoms. The highest BCUT2D eigenvalue weighted by Gasteiger charge is 2.46. The molecule has 12 heteroatoms. The fourth-order valence-corrected chi connectivity index (χ4v) is 4.99. The van der Waals surface area contributed by atoms with E-state index in [9.17, 15) is 22.4 Å². The Morgan fingerprint density at radius 1 is 1.11 bits per heavy atom. The Kier molecular flexibility index (Phi) is 5.90. The molecule has 0 N–H and O–H groups in total. The lowest BCUT2D eigenvalue weighted by molar-refractivity contribution is -0.188. The van der Waals surface area contributed by atoms with E-state index in [0.717, 1.165) is 4.90 Å². The summed E-state index contributed by atoms with van der Waals surface area (Å²) in [5.74, 6) is -0.788. The van der Waals surface area contributed by atoms with Gasteiger partial charge in [-0.15, -0.1) is 10.2 Å². The minimum Gasteiger partial charge on any atom is -0.357 e. The molecule has 1 atom stereocenters. The maximum atomic E-state index is 13.4. The number of hydrogen-bond donors (Lipinski definition) is 0. The van der Waals surface area contributed by atoms with Crippen molar-refractivity contribution < 1.29 is 22.4 Å². The molecule has 0 radical (unpaired) electrons. The first-order chi connectivity index (χ1) is 16.6. The maximum absolute atomic E-state index is 13.4. The SMILES string of the molecule is CC1c2cc(Cl)ccc2-n2c(nnc2C2CCN(c3ccc(F)cn3)CC2)CN1C(=O)C(F)(F)F. The highest BCUT2D eigenvalue weighted by Crippen LogP contribution is 2.39. The molecule has 2 aliphatic rings. The number of rotatable bonds is 2. The molecule has 2 aliphatic heterocycles. The monoisotopic (exact) mass is 508 g/mol. The Labute approximate surface area is 203 Å². The predicted molar refractivity (Wildman–Crippen MR) is 120 cm³/mol. The van der Waals surface area contributed by atoms with Crippen molar-refractivity contribution in [1.82, 2.24) is 24.6 Å². The van der Waals surface area contributed by atoms with E-state index in [0.29, 0.717) is 53.8 Å². The van der Waals surface area contributed by atoms with Crippen LogP contribution in [0.15, 0.2) is 36.5 Å². The minimum atomic E-state index is -5.02. The van der Waals surface area contributed by atoms with Crippen molar-refractivity contribution in [3.05, 3.63) is 64.6 Å². The second-order valence-corrected chi connectivity index (χ2v) is 9.15. The van der Waals surface area contributed by atoms with Gasteiger partial charge in [-0.2, -0.15) is 13.2 Å². The van der Waals surface area contributed by atoms with E-state index in [1.54, 1.807) is 35.8 Å². The molecule has 3 aromatic rings. The molecule has 4 heterocycles. The van der Waals surface area contributed by atoms with E-state index in [1.807, 2.05) is 0 Å². The molecule has 0 aliphatic carbocycles. The average Bonchev–Trinajstić information content (AvgIpc) is 3.20. The Balaban J connectivity index is 1.49. The van der Waals surface area contributed by atoms with Crippen LogP contribution in [-0.4, -0.2) is 49.8 Å². The van der Waals surface area contributed by atoms with E-state index in [-0.39, 0.29) is 18.3 Å². The summed E-state index contributed by atoms with van der Waals surface area (Å²) in [5, 5.41) is 8.91. The largest absolute Gasteiger partial charge is 0.471 e. The first kappa shape index (κ1) is 23.5. The number of halogens is 5. The number of carbonyl (C=O) groups is 1. The predicted octanol–water partition coefficient (Wildman–Crippen LogP) is 4.80. The summed E-state index contributed by atoms with van der Waals surface area (Å²) in [6.07, 6.45) is -2.45. The van der Waals surface area contributed by atoms with Crippen molar-refractivity contribution in [3.63, 3.8) is 0 Å². The second-order valence-electron chi connectivity index (χ2n) is 8.72. The van der Waals surface area contributed by atoms with Crippen LogP contribution in [0.25, 0.3) is 5.69 Å². The summed E-state index contributed by atoms with van der Waals surface area (Å²) >= 11 is 6.18. The van der Waals surface area contributed by atoms with Crippen molar-refractivity contribution in [2.75, 3.05) is 18.0 Å². The number of carbonyl (C=O) groups excluding carboxylic acids is 1. The van der Waals surface area contributed by atoms with Crippen molar-refractivity contribution in [2.24, 2.45) is 0 Å². The molecule has 1 fully saturated rings. The molecule has 1 amide bonds. The molecular formula is C23H21ClF4N6O. The van der Waals surface area contributed by atoms with Crippen molar-refractivity contribution >= 4 is 23.3 Å². The van der Waals surface area contributed by atoms with Gasteiger partial charge < -0.3 is 9.80 Å². The zero-order valence-corrected chi connectivity index (χ0v) is 19.4. The summed E-state index contributed by atoms with van der Waals surface area (Å²) in [6, 6.07) is 7.09. The van der Waals surface area contributed by atoms with Crippen LogP contribution in [0.1, 0.15) is 48.9 Å². The summed E-state index contributed by atoms with van der Waals surface area (Å²) < 4.78 is 55.1. The summed E-state index contributed by atoms with van der Waals surface area (Å²) in [7, 11) is 0. The van der Waals surface area contributed by atoms with Gasteiger partial charge >= 0.3 is 12.1 Å². The van der Waals surface area contributed by atoms with Gasteiger partial charge in [0.1, 0.15) is 17.5 Å². The lowest BCUT2D eigenvalue weighted by atomic mass is 9.95. The molecule has 7 nitrogen and oxygen atoms in total. The van der Waals surface area contributed by atoms with Gasteiger partial charge in [0.15, 0.2) is 5.82 Å². The summed E-state index contributed by atoms with van der Waals surface area (Å²) in [6.45, 7) is 2.51. The topological polar surface area (TPSA) is 67.2 Å². The van der Waals surface area contributed by atoms with E-state index in [4.69, 9.17) is 11.6 Å². The molecule has 2 aromatic heterocycles. The van der Waals surface area contributed by atoms with Crippen molar-refractivity contribution in [3.8, 4) is 5.69 Å². The standard InChI is InChI=1S/C23H21ClF4N6O/c1-13-17-10-15(24)2-4-18(17)34-20(12-33(13)22(35)23(26,27)28)30-31-21(34)14-6-8-32(9-7-14)19-5-3-16(25)11-29-19/h2-5,10-11,13-14H,6-9,12H2,1H3. The van der Waals surface area contributed by atoms with Gasteiger partial charge in [-0.25, -0.2) is 9.37 Å². The minimum absolute atomic E-state index is 0.0170. The molecule has 1 saturated heterocycles. The molecule has 0 spiro atoms. The van der Waals surface area contributed by atoms with Crippen LogP contribution in [0.5, 0.6) is 0 Å². The number of piperidine rings is 1. The number of aromatic nitrogens is 4. The zero-order chi connectivity index (χ0) is 24.9. The third-order valence-corrected chi connectivity index (χ3v) is 6.85. The third-order valence-electron chi connectivity index (χ3n) is 6.61. The average molecular weight is 509 g/mol. The van der Waals surface area contributed by atoms with E-state index in [1.165, 1.54) is 12.3 Å². The van der Waals surface area contributed by atoms with E-state index >= 15 is 0 Å². The molecular weight excluding hydrogens is 488 g/mol. The Bertz CT molecular complexity index is 1250. The smallest absolute Gasteiger partial charge is 0.357 e. The number of pyridine rings is 1. The molecule has 5 rings (SSSR count). The molecule has 0 saturated carbocycles. The Hall–Kier alpha value is -3.21. The fourth-order valence-electron chi connectivity index (χ4n) is 4.81. The highest BCUT2D eigenvalue weighted by molar-refractivity contribution is 6.30. The summed E-state index contributed by atoms with van der Waals surface area (Å²) in [4.78, 5) is 19.2. The van der Waals surface area contributed by atoms with Gasteiger partial charge in [-0.1, -0.05) is 11.6 Å². The number of anilines is 1. The summed E-state index contributed by atoms with van der Waals surface area (Å²) in [5.41, 5.74) is 1.10. The quantitative estimate of drug-likeness (QED) is 0.465. The van der Waals surface area contributed by atoms with Crippen LogP contribution in [0.3, 0.4) is 0 Å². The zero-order valence-electron chi connectivity index (χ0n) is 18.6. The van der Waals surface area contributed by atoms with Gasteiger partial charge in [-0.3, -0.25) is 9.36 Å². The van der Waals surface area contributed by atoms with Gasteiger partial charge in [0.05, 0.1) is 24.5 Å². The highest BCUT2D eigenvalue weighted by atomic mass is 35.5. The van der Waals surface area contributed by atoms with Crippen LogP contribution in [-0.2, 0) is 11.3 Å². The van der Waals surface area contributed by atoms with Crippen molar-refractivity contribution in [1.29, 1.82) is 0 Å². The van der Waals surface area contributed by atoms with Crippen molar-refractivity contribution in [2.45, 2.75) is 44.4 Å². The third kappa shape index (κ3) is 4.33. The van der Waals surface area contributed by atoms with Crippen LogP contribution in [0.4, 0.5) is 23.4 Å². The molecule has 1 aromatic carbocycles. The van der Waals surface area contributed by atoms with Crippen LogP contribution in [0.2, 0.25) is 5.02 Å². The number of fused-ring (bicyclic) bond motifs is 3. The Morgan fingerprint density at radius 3 is 2.51 bits per heavy atom. The van der Waals surface area contributed by atoms with E-state index < -0.39 is 23.9 Å².